The van der Waals surface area contributed by atoms with E-state index in [-0.39, 0.29) is 0 Å². The molecule has 4 heteroatoms. The molecule has 0 saturated heterocycles. The van der Waals surface area contributed by atoms with Gasteiger partial charge in [-0.3, -0.25) is 0 Å². The van der Waals surface area contributed by atoms with Gasteiger partial charge in [-0.2, -0.15) is 5.26 Å². The summed E-state index contributed by atoms with van der Waals surface area (Å²) in [6.45, 7) is 1.91. The standard InChI is InChI=1S/C16H14BrN3/c17-13-4-5-15(12(8-13)9-18)20-16-3-1-2-11-10-19-7-6-14(11)16/h1-5,8,19-20H,6-7,10H2. The maximum absolute atomic E-state index is 9.24. The van der Waals surface area contributed by atoms with Crippen LogP contribution in [0.15, 0.2) is 40.9 Å². The fourth-order valence-corrected chi connectivity index (χ4v) is 2.87. The molecular weight excluding hydrogens is 314 g/mol. The summed E-state index contributed by atoms with van der Waals surface area (Å²) >= 11 is 3.40. The Morgan fingerprint density at radius 3 is 2.95 bits per heavy atom. The van der Waals surface area contributed by atoms with Crippen molar-refractivity contribution in [3.8, 4) is 6.07 Å². The van der Waals surface area contributed by atoms with Gasteiger partial charge in [0.1, 0.15) is 6.07 Å². The molecule has 2 N–H and O–H groups in total. The highest BCUT2D eigenvalue weighted by Gasteiger charge is 2.13. The van der Waals surface area contributed by atoms with Gasteiger partial charge in [-0.15, -0.1) is 0 Å². The summed E-state index contributed by atoms with van der Waals surface area (Å²) in [7, 11) is 0. The molecule has 1 aliphatic heterocycles. The van der Waals surface area contributed by atoms with Gasteiger partial charge in [-0.25, -0.2) is 0 Å². The first-order chi connectivity index (χ1) is 9.78. The Hall–Kier alpha value is -1.83. The van der Waals surface area contributed by atoms with Gasteiger partial charge in [-0.05, 0) is 48.4 Å². The average molecular weight is 328 g/mol. The van der Waals surface area contributed by atoms with Crippen LogP contribution >= 0.6 is 15.9 Å². The lowest BCUT2D eigenvalue weighted by Crippen LogP contribution is -2.24. The topological polar surface area (TPSA) is 47.9 Å². The number of halogens is 1. The molecule has 0 spiro atoms. The molecule has 0 saturated carbocycles. The highest BCUT2D eigenvalue weighted by Crippen LogP contribution is 2.29. The Balaban J connectivity index is 1.98. The molecule has 100 valence electrons. The van der Waals surface area contributed by atoms with Crippen LogP contribution in [0.3, 0.4) is 0 Å². The van der Waals surface area contributed by atoms with Gasteiger partial charge in [0.05, 0.1) is 11.3 Å². The first kappa shape index (κ1) is 13.2. The number of benzene rings is 2. The van der Waals surface area contributed by atoms with Crippen LogP contribution in [0.25, 0.3) is 0 Å². The van der Waals surface area contributed by atoms with Crippen molar-refractivity contribution in [2.75, 3.05) is 11.9 Å². The number of nitrogens with zero attached hydrogens (tertiary/aromatic N) is 1. The first-order valence-electron chi connectivity index (χ1n) is 6.56. The van der Waals surface area contributed by atoms with Gasteiger partial charge in [0.15, 0.2) is 0 Å². The zero-order valence-corrected chi connectivity index (χ0v) is 12.5. The van der Waals surface area contributed by atoms with E-state index in [1.165, 1.54) is 11.1 Å². The van der Waals surface area contributed by atoms with Gasteiger partial charge < -0.3 is 10.6 Å². The molecule has 20 heavy (non-hydrogen) atoms. The molecule has 0 atom stereocenters. The number of nitriles is 1. The molecule has 2 aromatic carbocycles. The van der Waals surface area contributed by atoms with Crippen molar-refractivity contribution in [2.24, 2.45) is 0 Å². The Morgan fingerprint density at radius 2 is 2.10 bits per heavy atom. The van der Waals surface area contributed by atoms with Gasteiger partial charge in [0, 0.05) is 16.7 Å². The van der Waals surface area contributed by atoms with Gasteiger partial charge in [-0.1, -0.05) is 28.1 Å². The number of hydrogen-bond acceptors (Lipinski definition) is 3. The average Bonchev–Trinajstić information content (AvgIpc) is 2.49. The van der Waals surface area contributed by atoms with E-state index >= 15 is 0 Å². The first-order valence-corrected chi connectivity index (χ1v) is 7.35. The second kappa shape index (κ2) is 5.66. The molecular formula is C16H14BrN3. The lowest BCUT2D eigenvalue weighted by molar-refractivity contribution is 0.645. The maximum atomic E-state index is 9.24. The van der Waals surface area contributed by atoms with Crippen LogP contribution in [0.5, 0.6) is 0 Å². The summed E-state index contributed by atoms with van der Waals surface area (Å²) < 4.78 is 0.916. The molecule has 0 radical (unpaired) electrons. The Labute approximate surface area is 126 Å². The molecule has 3 rings (SSSR count). The van der Waals surface area contributed by atoms with Crippen molar-refractivity contribution in [3.63, 3.8) is 0 Å². The SMILES string of the molecule is N#Cc1cc(Br)ccc1Nc1cccc2c1CCNC2. The summed E-state index contributed by atoms with van der Waals surface area (Å²) in [5.41, 5.74) is 5.27. The zero-order valence-electron chi connectivity index (χ0n) is 10.9. The van der Waals surface area contributed by atoms with Crippen LogP contribution in [-0.2, 0) is 13.0 Å². The predicted octanol–water partition coefficient (Wildman–Crippen LogP) is 3.71. The quantitative estimate of drug-likeness (QED) is 0.883. The summed E-state index contributed by atoms with van der Waals surface area (Å²) in [4.78, 5) is 0. The van der Waals surface area contributed by atoms with E-state index < -0.39 is 0 Å². The summed E-state index contributed by atoms with van der Waals surface area (Å²) in [6, 6.07) is 14.2. The molecule has 1 heterocycles. The van der Waals surface area contributed by atoms with E-state index in [1.807, 2.05) is 18.2 Å². The van der Waals surface area contributed by atoms with Crippen molar-refractivity contribution in [1.82, 2.24) is 5.32 Å². The number of fused-ring (bicyclic) bond motifs is 1. The monoisotopic (exact) mass is 327 g/mol. The molecule has 0 aliphatic carbocycles. The van der Waals surface area contributed by atoms with E-state index in [1.54, 1.807) is 0 Å². The minimum atomic E-state index is 0.644. The molecule has 0 unspecified atom stereocenters. The number of hydrogen-bond donors (Lipinski definition) is 2. The molecule has 2 aromatic rings. The highest BCUT2D eigenvalue weighted by atomic mass is 79.9. The van der Waals surface area contributed by atoms with Crippen LogP contribution in [0, 0.1) is 11.3 Å². The van der Waals surface area contributed by atoms with E-state index in [0.29, 0.717) is 5.56 Å². The number of rotatable bonds is 2. The van der Waals surface area contributed by atoms with Crippen LogP contribution in [0.1, 0.15) is 16.7 Å². The summed E-state index contributed by atoms with van der Waals surface area (Å²) in [6.07, 6.45) is 1.01. The van der Waals surface area contributed by atoms with Gasteiger partial charge in [0.2, 0.25) is 0 Å². The van der Waals surface area contributed by atoms with Crippen LogP contribution in [0.4, 0.5) is 11.4 Å². The van der Waals surface area contributed by atoms with E-state index in [2.05, 4.69) is 50.8 Å². The van der Waals surface area contributed by atoms with E-state index in [0.717, 1.165) is 35.4 Å². The van der Waals surface area contributed by atoms with Gasteiger partial charge in [0.25, 0.3) is 0 Å². The lowest BCUT2D eigenvalue weighted by Gasteiger charge is -2.21. The third kappa shape index (κ3) is 2.55. The summed E-state index contributed by atoms with van der Waals surface area (Å²) in [5, 5.41) is 16.0. The second-order valence-electron chi connectivity index (χ2n) is 4.80. The second-order valence-corrected chi connectivity index (χ2v) is 5.71. The van der Waals surface area contributed by atoms with Gasteiger partial charge >= 0.3 is 0 Å². The fraction of sp³-hybridized carbons (Fsp3) is 0.188. The number of anilines is 2. The van der Waals surface area contributed by atoms with Crippen LogP contribution in [0.2, 0.25) is 0 Å². The minimum absolute atomic E-state index is 0.644. The van der Waals surface area contributed by atoms with Crippen LogP contribution < -0.4 is 10.6 Å². The van der Waals surface area contributed by atoms with Crippen molar-refractivity contribution in [3.05, 3.63) is 57.6 Å². The Morgan fingerprint density at radius 1 is 1.20 bits per heavy atom. The number of nitrogens with one attached hydrogen (secondary N) is 2. The molecule has 3 nitrogen and oxygen atoms in total. The molecule has 1 aliphatic rings. The summed E-state index contributed by atoms with van der Waals surface area (Å²) in [5.74, 6) is 0. The highest BCUT2D eigenvalue weighted by molar-refractivity contribution is 9.10. The molecule has 0 amide bonds. The Kier molecular flexibility index (Phi) is 3.72. The third-order valence-corrected chi connectivity index (χ3v) is 4.00. The van der Waals surface area contributed by atoms with E-state index in [9.17, 15) is 5.26 Å². The smallest absolute Gasteiger partial charge is 0.101 e. The lowest BCUT2D eigenvalue weighted by atomic mass is 9.99. The van der Waals surface area contributed by atoms with Crippen molar-refractivity contribution < 1.29 is 0 Å². The Bertz CT molecular complexity index is 689. The van der Waals surface area contributed by atoms with Crippen molar-refractivity contribution in [1.29, 1.82) is 5.26 Å². The molecule has 0 bridgehead atoms. The zero-order chi connectivity index (χ0) is 13.9. The fourth-order valence-electron chi connectivity index (χ4n) is 2.51. The maximum Gasteiger partial charge on any atom is 0.101 e. The third-order valence-electron chi connectivity index (χ3n) is 3.51. The largest absolute Gasteiger partial charge is 0.354 e. The van der Waals surface area contributed by atoms with E-state index in [4.69, 9.17) is 0 Å². The van der Waals surface area contributed by atoms with Crippen molar-refractivity contribution >= 4 is 27.3 Å². The van der Waals surface area contributed by atoms with Crippen molar-refractivity contribution in [2.45, 2.75) is 13.0 Å². The minimum Gasteiger partial charge on any atom is -0.354 e. The predicted molar refractivity (Wildman–Crippen MR) is 84.0 cm³/mol. The molecule has 0 aromatic heterocycles. The molecule has 0 fully saturated rings. The van der Waals surface area contributed by atoms with Crippen LogP contribution in [-0.4, -0.2) is 6.54 Å². The normalized spacial score (nSPS) is 13.4.